The van der Waals surface area contributed by atoms with Crippen molar-refractivity contribution in [2.24, 2.45) is 16.6 Å². The summed E-state index contributed by atoms with van der Waals surface area (Å²) in [5.41, 5.74) is 6.05. The van der Waals surface area contributed by atoms with Gasteiger partial charge in [-0.15, -0.1) is 13.2 Å². The van der Waals surface area contributed by atoms with Gasteiger partial charge in [0.2, 0.25) is 0 Å². The van der Waals surface area contributed by atoms with Gasteiger partial charge in [-0.1, -0.05) is 6.07 Å². The van der Waals surface area contributed by atoms with Crippen LogP contribution in [-0.4, -0.2) is 12.2 Å². The van der Waals surface area contributed by atoms with Gasteiger partial charge in [-0.25, -0.2) is 4.99 Å². The third kappa shape index (κ3) is 3.65. The smallest absolute Gasteiger partial charge is 0.406 e. The molecule has 1 aromatic carbocycles. The van der Waals surface area contributed by atoms with Gasteiger partial charge in [-0.05, 0) is 25.0 Å². The van der Waals surface area contributed by atoms with Crippen LogP contribution in [0.15, 0.2) is 29.3 Å². The van der Waals surface area contributed by atoms with Crippen molar-refractivity contribution in [3.05, 3.63) is 24.3 Å². The summed E-state index contributed by atoms with van der Waals surface area (Å²) in [4.78, 5) is 4.06. The molecule has 0 radical (unpaired) electrons. The van der Waals surface area contributed by atoms with E-state index in [0.717, 1.165) is 12.8 Å². The van der Waals surface area contributed by atoms with Gasteiger partial charge >= 0.3 is 6.36 Å². The molecule has 0 heterocycles. The molecule has 17 heavy (non-hydrogen) atoms. The Labute approximate surface area is 96.1 Å². The van der Waals surface area contributed by atoms with E-state index in [1.165, 1.54) is 18.2 Å². The molecule has 0 spiro atoms. The third-order valence-electron chi connectivity index (χ3n) is 2.31. The molecule has 0 aromatic heterocycles. The van der Waals surface area contributed by atoms with E-state index >= 15 is 0 Å². The van der Waals surface area contributed by atoms with Crippen LogP contribution in [0.1, 0.15) is 12.8 Å². The molecule has 1 aliphatic rings. The molecule has 0 unspecified atom stereocenters. The maximum atomic E-state index is 12.0. The summed E-state index contributed by atoms with van der Waals surface area (Å²) in [6.45, 7) is 0. The summed E-state index contributed by atoms with van der Waals surface area (Å²) in [5.74, 6) is 0.457. The summed E-state index contributed by atoms with van der Waals surface area (Å²) in [6, 6.07) is 5.46. The number of nitrogens with zero attached hydrogens (tertiary/aromatic N) is 1. The highest BCUT2D eigenvalue weighted by Crippen LogP contribution is 2.31. The molecular weight excluding hydrogens is 233 g/mol. The Bertz CT molecular complexity index is 439. The lowest BCUT2D eigenvalue weighted by atomic mass is 10.3. The van der Waals surface area contributed by atoms with E-state index < -0.39 is 6.36 Å². The molecule has 1 aliphatic carbocycles. The van der Waals surface area contributed by atoms with Crippen LogP contribution in [0.3, 0.4) is 0 Å². The van der Waals surface area contributed by atoms with Gasteiger partial charge in [0.15, 0.2) is 0 Å². The molecule has 2 rings (SSSR count). The Morgan fingerprint density at radius 3 is 2.65 bits per heavy atom. The van der Waals surface area contributed by atoms with Crippen molar-refractivity contribution in [3.63, 3.8) is 0 Å². The first kappa shape index (κ1) is 11.8. The number of halogens is 3. The van der Waals surface area contributed by atoms with E-state index in [0.29, 0.717) is 11.5 Å². The zero-order chi connectivity index (χ0) is 12.5. The third-order valence-corrected chi connectivity index (χ3v) is 2.31. The average molecular weight is 244 g/mol. The van der Waals surface area contributed by atoms with E-state index in [2.05, 4.69) is 9.73 Å². The number of rotatable bonds is 3. The second-order valence-corrected chi connectivity index (χ2v) is 3.86. The maximum absolute atomic E-state index is 12.0. The quantitative estimate of drug-likeness (QED) is 0.656. The lowest BCUT2D eigenvalue weighted by molar-refractivity contribution is -0.274. The van der Waals surface area contributed by atoms with Gasteiger partial charge < -0.3 is 10.5 Å². The van der Waals surface area contributed by atoms with E-state index in [1.807, 2.05) is 0 Å². The van der Waals surface area contributed by atoms with E-state index in [4.69, 9.17) is 5.73 Å². The van der Waals surface area contributed by atoms with Gasteiger partial charge in [0.05, 0.1) is 5.69 Å². The molecule has 1 fully saturated rings. The summed E-state index contributed by atoms with van der Waals surface area (Å²) in [7, 11) is 0. The van der Waals surface area contributed by atoms with Crippen LogP contribution in [0.25, 0.3) is 0 Å². The second kappa shape index (κ2) is 4.27. The molecular formula is C11H11F3N2O. The van der Waals surface area contributed by atoms with Crippen LogP contribution in [0.2, 0.25) is 0 Å². The predicted molar refractivity (Wildman–Crippen MR) is 57.1 cm³/mol. The van der Waals surface area contributed by atoms with Gasteiger partial charge in [0.1, 0.15) is 11.6 Å². The number of alkyl halides is 3. The standard InChI is InChI=1S/C11H11F3N2O/c12-11(13,14)17-9-3-1-2-8(6-9)16-10(15)7-4-5-7/h1-3,6-7H,4-5H2,(H2,15,16). The van der Waals surface area contributed by atoms with Crippen LogP contribution in [0.4, 0.5) is 18.9 Å². The van der Waals surface area contributed by atoms with Crippen LogP contribution < -0.4 is 10.5 Å². The van der Waals surface area contributed by atoms with Crippen molar-refractivity contribution in [2.75, 3.05) is 0 Å². The van der Waals surface area contributed by atoms with Crippen molar-refractivity contribution in [1.82, 2.24) is 0 Å². The molecule has 2 N–H and O–H groups in total. The van der Waals surface area contributed by atoms with Gasteiger partial charge in [-0.3, -0.25) is 0 Å². The number of hydrogen-bond acceptors (Lipinski definition) is 2. The predicted octanol–water partition coefficient (Wildman–Crippen LogP) is 2.98. The van der Waals surface area contributed by atoms with Gasteiger partial charge in [0, 0.05) is 12.0 Å². The highest BCUT2D eigenvalue weighted by Gasteiger charge is 2.31. The molecule has 0 atom stereocenters. The monoisotopic (exact) mass is 244 g/mol. The van der Waals surface area contributed by atoms with Gasteiger partial charge in [0.25, 0.3) is 0 Å². The molecule has 0 amide bonds. The van der Waals surface area contributed by atoms with Crippen LogP contribution in [0.5, 0.6) is 5.75 Å². The SMILES string of the molecule is NC(=Nc1cccc(OC(F)(F)F)c1)C1CC1. The lowest BCUT2D eigenvalue weighted by Gasteiger charge is -2.08. The normalized spacial score (nSPS) is 17.0. The van der Waals surface area contributed by atoms with E-state index in [1.54, 1.807) is 6.07 Å². The van der Waals surface area contributed by atoms with Crippen molar-refractivity contribution in [3.8, 4) is 5.75 Å². The minimum Gasteiger partial charge on any atom is -0.406 e. The van der Waals surface area contributed by atoms with Crippen molar-refractivity contribution in [2.45, 2.75) is 19.2 Å². The van der Waals surface area contributed by atoms with Crippen molar-refractivity contribution in [1.29, 1.82) is 0 Å². The molecule has 0 aliphatic heterocycles. The first-order valence-corrected chi connectivity index (χ1v) is 5.14. The number of amidine groups is 1. The fourth-order valence-electron chi connectivity index (χ4n) is 1.37. The molecule has 1 aromatic rings. The Hall–Kier alpha value is -1.72. The van der Waals surface area contributed by atoms with Crippen LogP contribution >= 0.6 is 0 Å². The minimum atomic E-state index is -4.69. The average Bonchev–Trinajstić information content (AvgIpc) is 2.97. The zero-order valence-corrected chi connectivity index (χ0v) is 8.87. The Balaban J connectivity index is 2.13. The topological polar surface area (TPSA) is 47.6 Å². The summed E-state index contributed by atoms with van der Waals surface area (Å²) < 4.78 is 39.8. The fraction of sp³-hybridized carbons (Fsp3) is 0.364. The van der Waals surface area contributed by atoms with Crippen LogP contribution in [-0.2, 0) is 0 Å². The second-order valence-electron chi connectivity index (χ2n) is 3.86. The van der Waals surface area contributed by atoms with Crippen LogP contribution in [0, 0.1) is 5.92 Å². The van der Waals surface area contributed by atoms with E-state index in [-0.39, 0.29) is 11.7 Å². The molecule has 1 saturated carbocycles. The largest absolute Gasteiger partial charge is 0.573 e. The Kier molecular flexibility index (Phi) is 2.95. The highest BCUT2D eigenvalue weighted by atomic mass is 19.4. The molecule has 92 valence electrons. The van der Waals surface area contributed by atoms with Crippen molar-refractivity contribution < 1.29 is 17.9 Å². The summed E-state index contributed by atoms with van der Waals surface area (Å²) >= 11 is 0. The van der Waals surface area contributed by atoms with E-state index in [9.17, 15) is 13.2 Å². The minimum absolute atomic E-state index is 0.280. The molecule has 0 bridgehead atoms. The number of ether oxygens (including phenoxy) is 1. The Morgan fingerprint density at radius 1 is 1.35 bits per heavy atom. The molecule has 6 heteroatoms. The zero-order valence-electron chi connectivity index (χ0n) is 8.87. The highest BCUT2D eigenvalue weighted by molar-refractivity contribution is 5.87. The summed E-state index contributed by atoms with van der Waals surface area (Å²) in [5, 5.41) is 0. The number of aliphatic imine (C=N–C) groups is 1. The molecule has 0 saturated heterocycles. The Morgan fingerprint density at radius 2 is 2.06 bits per heavy atom. The number of hydrogen-bond donors (Lipinski definition) is 1. The fourth-order valence-corrected chi connectivity index (χ4v) is 1.37. The van der Waals surface area contributed by atoms with Crippen molar-refractivity contribution >= 4 is 11.5 Å². The van der Waals surface area contributed by atoms with Gasteiger partial charge in [-0.2, -0.15) is 0 Å². The lowest BCUT2D eigenvalue weighted by Crippen LogP contribution is -2.17. The summed E-state index contributed by atoms with van der Waals surface area (Å²) in [6.07, 6.45) is -2.70. The molecule has 3 nitrogen and oxygen atoms in total. The number of nitrogens with two attached hydrogens (primary N) is 1. The first-order chi connectivity index (χ1) is 7.94. The maximum Gasteiger partial charge on any atom is 0.573 e. The number of benzene rings is 1. The first-order valence-electron chi connectivity index (χ1n) is 5.14.